The van der Waals surface area contributed by atoms with Crippen molar-refractivity contribution in [1.82, 2.24) is 9.78 Å². The summed E-state index contributed by atoms with van der Waals surface area (Å²) in [5.41, 5.74) is 0.173. The van der Waals surface area contributed by atoms with Gasteiger partial charge in [0.15, 0.2) is 5.69 Å². The van der Waals surface area contributed by atoms with Crippen LogP contribution in [0.4, 0.5) is 5.69 Å². The number of aromatic nitrogens is 2. The maximum Gasteiger partial charge on any atom is 0.356 e. The van der Waals surface area contributed by atoms with Crippen LogP contribution in [0.25, 0.3) is 0 Å². The Morgan fingerprint density at radius 1 is 1.43 bits per heavy atom. The molecule has 1 aromatic heterocycles. The van der Waals surface area contributed by atoms with Crippen LogP contribution >= 0.6 is 11.6 Å². The highest BCUT2D eigenvalue weighted by Gasteiger charge is 2.20. The van der Waals surface area contributed by atoms with E-state index in [0.29, 0.717) is 10.8 Å². The molecule has 1 heterocycles. The Kier molecular flexibility index (Phi) is 4.13. The normalized spacial score (nSPS) is 10.2. The number of carboxylic acids is 1. The number of benzene rings is 1. The van der Waals surface area contributed by atoms with Gasteiger partial charge in [0, 0.05) is 12.1 Å². The molecule has 0 fully saturated rings. The third-order valence-corrected chi connectivity index (χ3v) is 3.03. The van der Waals surface area contributed by atoms with Crippen molar-refractivity contribution in [3.05, 3.63) is 40.7 Å². The molecule has 21 heavy (non-hydrogen) atoms. The first kappa shape index (κ1) is 14.9. The van der Waals surface area contributed by atoms with E-state index in [1.54, 1.807) is 12.1 Å². The average Bonchev–Trinajstić information content (AvgIpc) is 2.79. The number of hydrogen-bond donors (Lipinski definition) is 2. The maximum atomic E-state index is 12.3. The lowest BCUT2D eigenvalue weighted by Crippen LogP contribution is -2.16. The first-order valence-corrected chi connectivity index (χ1v) is 6.22. The second-order valence-corrected chi connectivity index (χ2v) is 4.57. The van der Waals surface area contributed by atoms with E-state index in [1.165, 1.54) is 26.4 Å². The van der Waals surface area contributed by atoms with E-state index in [2.05, 4.69) is 10.4 Å². The number of nitrogens with zero attached hydrogens (tertiary/aromatic N) is 2. The zero-order valence-corrected chi connectivity index (χ0v) is 12.0. The van der Waals surface area contributed by atoms with Gasteiger partial charge < -0.3 is 15.2 Å². The van der Waals surface area contributed by atoms with E-state index in [-0.39, 0.29) is 16.9 Å². The third kappa shape index (κ3) is 2.97. The Labute approximate surface area is 125 Å². The molecule has 0 radical (unpaired) electrons. The summed E-state index contributed by atoms with van der Waals surface area (Å²) in [6.45, 7) is 0. The van der Waals surface area contributed by atoms with E-state index in [1.807, 2.05) is 0 Å². The number of methoxy groups -OCH3 is 1. The lowest BCUT2D eigenvalue weighted by Gasteiger charge is -2.09. The summed E-state index contributed by atoms with van der Waals surface area (Å²) < 4.78 is 6.25. The van der Waals surface area contributed by atoms with Gasteiger partial charge in [0.2, 0.25) is 0 Å². The molecule has 0 spiro atoms. The van der Waals surface area contributed by atoms with E-state index in [4.69, 9.17) is 21.4 Å². The third-order valence-electron chi connectivity index (χ3n) is 2.80. The van der Waals surface area contributed by atoms with Gasteiger partial charge in [0.05, 0.1) is 24.6 Å². The summed E-state index contributed by atoms with van der Waals surface area (Å²) in [7, 11) is 2.89. The van der Waals surface area contributed by atoms with Crippen molar-refractivity contribution in [2.24, 2.45) is 7.05 Å². The number of nitrogens with one attached hydrogen (secondary N) is 1. The summed E-state index contributed by atoms with van der Waals surface area (Å²) in [6, 6.07) is 4.58. The fourth-order valence-electron chi connectivity index (χ4n) is 1.83. The number of ether oxygens (including phenoxy) is 1. The first-order chi connectivity index (χ1) is 9.93. The van der Waals surface area contributed by atoms with Gasteiger partial charge in [-0.2, -0.15) is 5.10 Å². The minimum atomic E-state index is -1.19. The number of carboxylic acid groups (broad SMARTS) is 1. The Balaban J connectivity index is 2.35. The molecule has 1 amide bonds. The monoisotopic (exact) mass is 309 g/mol. The van der Waals surface area contributed by atoms with E-state index in [0.717, 1.165) is 4.68 Å². The molecule has 0 saturated heterocycles. The number of carbonyl (C=O) groups excluding carboxylic acids is 1. The predicted molar refractivity (Wildman–Crippen MR) is 76.1 cm³/mol. The molecule has 0 aliphatic rings. The highest BCUT2D eigenvalue weighted by Crippen LogP contribution is 2.24. The van der Waals surface area contributed by atoms with Gasteiger partial charge in [0.1, 0.15) is 5.75 Å². The zero-order chi connectivity index (χ0) is 15.6. The van der Waals surface area contributed by atoms with Crippen LogP contribution < -0.4 is 10.1 Å². The fraction of sp³-hybridized carbons (Fsp3) is 0.154. The average molecular weight is 310 g/mol. The van der Waals surface area contributed by atoms with Crippen LogP contribution in [0.15, 0.2) is 24.4 Å². The number of aryl methyl sites for hydroxylation is 1. The Morgan fingerprint density at radius 2 is 2.14 bits per heavy atom. The molecular weight excluding hydrogens is 298 g/mol. The molecule has 0 aliphatic heterocycles. The summed E-state index contributed by atoms with van der Waals surface area (Å²) in [5.74, 6) is -1.40. The highest BCUT2D eigenvalue weighted by molar-refractivity contribution is 6.31. The largest absolute Gasteiger partial charge is 0.496 e. The summed E-state index contributed by atoms with van der Waals surface area (Å²) in [6.07, 6.45) is 1.26. The second kappa shape index (κ2) is 5.84. The lowest BCUT2D eigenvalue weighted by atomic mass is 10.2. The number of carbonyl (C=O) groups is 2. The van der Waals surface area contributed by atoms with Crippen molar-refractivity contribution in [2.45, 2.75) is 0 Å². The zero-order valence-electron chi connectivity index (χ0n) is 11.3. The summed E-state index contributed by atoms with van der Waals surface area (Å²) in [4.78, 5) is 23.4. The van der Waals surface area contributed by atoms with Crippen LogP contribution in [-0.2, 0) is 7.05 Å². The van der Waals surface area contributed by atoms with Gasteiger partial charge in [-0.05, 0) is 18.2 Å². The molecule has 8 heteroatoms. The van der Waals surface area contributed by atoms with E-state index in [9.17, 15) is 9.59 Å². The topological polar surface area (TPSA) is 93.5 Å². The van der Waals surface area contributed by atoms with Crippen molar-refractivity contribution in [3.8, 4) is 5.75 Å². The number of rotatable bonds is 4. The Morgan fingerprint density at radius 3 is 2.76 bits per heavy atom. The Bertz CT molecular complexity index is 711. The van der Waals surface area contributed by atoms with Gasteiger partial charge in [-0.15, -0.1) is 0 Å². The predicted octanol–water partition coefficient (Wildman–Crippen LogP) is 2.03. The van der Waals surface area contributed by atoms with Crippen molar-refractivity contribution in [2.75, 3.05) is 12.4 Å². The number of halogens is 1. The molecule has 0 atom stereocenters. The molecule has 0 aliphatic carbocycles. The van der Waals surface area contributed by atoms with Gasteiger partial charge >= 0.3 is 5.97 Å². The fourth-order valence-corrected chi connectivity index (χ4v) is 2.00. The van der Waals surface area contributed by atoms with Crippen molar-refractivity contribution < 1.29 is 19.4 Å². The van der Waals surface area contributed by atoms with Crippen LogP contribution in [-0.4, -0.2) is 33.9 Å². The minimum Gasteiger partial charge on any atom is -0.496 e. The molecule has 2 aromatic rings. The summed E-state index contributed by atoms with van der Waals surface area (Å²) in [5, 5.41) is 15.8. The van der Waals surface area contributed by atoms with Crippen molar-refractivity contribution >= 4 is 29.2 Å². The van der Waals surface area contributed by atoms with Gasteiger partial charge in [-0.1, -0.05) is 11.6 Å². The molecule has 2 N–H and O–H groups in total. The molecular formula is C13H12ClN3O4. The Hall–Kier alpha value is -2.54. The minimum absolute atomic E-state index is 0.0945. The summed E-state index contributed by atoms with van der Waals surface area (Å²) >= 11 is 5.86. The van der Waals surface area contributed by atoms with Crippen LogP contribution in [0, 0.1) is 0 Å². The molecule has 0 unspecified atom stereocenters. The smallest absolute Gasteiger partial charge is 0.356 e. The number of amides is 1. The maximum absolute atomic E-state index is 12.3. The van der Waals surface area contributed by atoms with Crippen molar-refractivity contribution in [1.29, 1.82) is 0 Å². The van der Waals surface area contributed by atoms with Crippen LogP contribution in [0.3, 0.4) is 0 Å². The van der Waals surface area contributed by atoms with Crippen LogP contribution in [0.2, 0.25) is 5.02 Å². The first-order valence-electron chi connectivity index (χ1n) is 5.84. The van der Waals surface area contributed by atoms with E-state index < -0.39 is 11.9 Å². The van der Waals surface area contributed by atoms with E-state index >= 15 is 0 Å². The van der Waals surface area contributed by atoms with Crippen LogP contribution in [0.5, 0.6) is 5.75 Å². The molecule has 2 rings (SSSR count). The van der Waals surface area contributed by atoms with Crippen LogP contribution in [0.1, 0.15) is 20.8 Å². The van der Waals surface area contributed by atoms with Crippen molar-refractivity contribution in [3.63, 3.8) is 0 Å². The molecule has 0 saturated carbocycles. The number of anilines is 1. The lowest BCUT2D eigenvalue weighted by molar-refractivity contribution is 0.0686. The van der Waals surface area contributed by atoms with Gasteiger partial charge in [-0.25, -0.2) is 4.79 Å². The molecule has 7 nitrogen and oxygen atoms in total. The number of hydrogen-bond acceptors (Lipinski definition) is 4. The quantitative estimate of drug-likeness (QED) is 0.901. The molecule has 110 valence electrons. The molecule has 1 aromatic carbocycles. The van der Waals surface area contributed by atoms with Gasteiger partial charge in [0.25, 0.3) is 5.91 Å². The SMILES string of the molecule is COc1ccc(Cl)cc1C(=O)Nc1cnn(C)c1C(=O)O. The molecule has 0 bridgehead atoms. The van der Waals surface area contributed by atoms with Gasteiger partial charge in [-0.3, -0.25) is 9.48 Å². The highest BCUT2D eigenvalue weighted by atomic mass is 35.5. The number of aromatic carboxylic acids is 1. The standard InChI is InChI=1S/C13H12ClN3O4/c1-17-11(13(19)20)9(6-15-17)16-12(18)8-5-7(14)3-4-10(8)21-2/h3-6H,1-2H3,(H,16,18)(H,19,20). The second-order valence-electron chi connectivity index (χ2n) is 4.13.